The minimum Gasteiger partial charge on any atom is -0.345 e. The van der Waals surface area contributed by atoms with E-state index < -0.39 is 0 Å². The first-order valence-electron chi connectivity index (χ1n) is 7.21. The van der Waals surface area contributed by atoms with Crippen LogP contribution in [0.2, 0.25) is 0 Å². The zero-order chi connectivity index (χ0) is 13.0. The summed E-state index contributed by atoms with van der Waals surface area (Å²) in [5.74, 6) is 0. The van der Waals surface area contributed by atoms with Gasteiger partial charge in [0, 0.05) is 24.0 Å². The Hall–Kier alpha value is -0.610. The molecule has 1 saturated carbocycles. The van der Waals surface area contributed by atoms with Gasteiger partial charge in [0.25, 0.3) is 0 Å². The van der Waals surface area contributed by atoms with E-state index in [4.69, 9.17) is 4.98 Å². The minimum absolute atomic E-state index is 0.363. The molecule has 1 N–H and O–H groups in total. The first-order chi connectivity index (χ1) is 8.76. The number of nitrogens with one attached hydrogen (secondary N) is 1. The summed E-state index contributed by atoms with van der Waals surface area (Å²) >= 11 is 1.80. The van der Waals surface area contributed by atoms with Crippen LogP contribution in [0.1, 0.15) is 58.2 Å². The molecule has 1 aromatic rings. The van der Waals surface area contributed by atoms with Crippen LogP contribution in [0.15, 0.2) is 5.38 Å². The molecular formula is C14H25N3S. The molecule has 1 unspecified atom stereocenters. The highest BCUT2D eigenvalue weighted by Crippen LogP contribution is 2.31. The van der Waals surface area contributed by atoms with Crippen molar-refractivity contribution >= 4 is 16.5 Å². The van der Waals surface area contributed by atoms with E-state index in [1.165, 1.54) is 36.5 Å². The maximum Gasteiger partial charge on any atom is 0.185 e. The van der Waals surface area contributed by atoms with Crippen LogP contribution >= 0.6 is 11.3 Å². The van der Waals surface area contributed by atoms with Crippen molar-refractivity contribution in [2.45, 2.75) is 58.5 Å². The maximum absolute atomic E-state index is 4.83. The molecule has 1 fully saturated rings. The van der Waals surface area contributed by atoms with Crippen molar-refractivity contribution in [3.63, 3.8) is 0 Å². The summed E-state index contributed by atoms with van der Waals surface area (Å²) in [7, 11) is 0. The molecule has 0 bridgehead atoms. The molecule has 1 atom stereocenters. The Morgan fingerprint density at radius 2 is 2.17 bits per heavy atom. The van der Waals surface area contributed by atoms with Gasteiger partial charge in [-0.1, -0.05) is 19.8 Å². The normalized spacial score (nSPS) is 18.2. The van der Waals surface area contributed by atoms with Crippen LogP contribution in [0, 0.1) is 0 Å². The molecule has 0 spiro atoms. The number of nitrogens with zero attached hydrogens (tertiary/aromatic N) is 2. The Labute approximate surface area is 115 Å². The van der Waals surface area contributed by atoms with E-state index in [9.17, 15) is 0 Å². The SMILES string of the molecule is CCNC(C)c1csc(N(CC)C2CCCC2)n1. The molecule has 1 aliphatic rings. The van der Waals surface area contributed by atoms with E-state index in [-0.39, 0.29) is 0 Å². The first-order valence-corrected chi connectivity index (χ1v) is 8.09. The molecule has 0 saturated heterocycles. The van der Waals surface area contributed by atoms with Crippen molar-refractivity contribution < 1.29 is 0 Å². The Balaban J connectivity index is 2.06. The minimum atomic E-state index is 0.363. The van der Waals surface area contributed by atoms with Gasteiger partial charge in [-0.05, 0) is 33.2 Å². The van der Waals surface area contributed by atoms with E-state index in [1.807, 2.05) is 0 Å². The van der Waals surface area contributed by atoms with E-state index >= 15 is 0 Å². The second-order valence-corrected chi connectivity index (χ2v) is 5.90. The lowest BCUT2D eigenvalue weighted by Crippen LogP contribution is -2.32. The van der Waals surface area contributed by atoms with Crippen LogP contribution in [0.25, 0.3) is 0 Å². The molecule has 102 valence electrons. The largest absolute Gasteiger partial charge is 0.345 e. The van der Waals surface area contributed by atoms with Crippen LogP contribution < -0.4 is 10.2 Å². The molecule has 4 heteroatoms. The van der Waals surface area contributed by atoms with Crippen LogP contribution in [0.4, 0.5) is 5.13 Å². The Morgan fingerprint density at radius 1 is 1.44 bits per heavy atom. The number of thiazole rings is 1. The van der Waals surface area contributed by atoms with E-state index in [1.54, 1.807) is 11.3 Å². The molecule has 3 nitrogen and oxygen atoms in total. The summed E-state index contributed by atoms with van der Waals surface area (Å²) in [5.41, 5.74) is 1.19. The third-order valence-electron chi connectivity index (χ3n) is 3.82. The van der Waals surface area contributed by atoms with E-state index in [0.717, 1.165) is 19.1 Å². The Morgan fingerprint density at radius 3 is 2.78 bits per heavy atom. The van der Waals surface area contributed by atoms with Crippen LogP contribution in [-0.4, -0.2) is 24.1 Å². The monoisotopic (exact) mass is 267 g/mol. The fraction of sp³-hybridized carbons (Fsp3) is 0.786. The summed E-state index contributed by atoms with van der Waals surface area (Å²) in [5, 5.41) is 6.85. The third-order valence-corrected chi connectivity index (χ3v) is 4.71. The fourth-order valence-corrected chi connectivity index (χ4v) is 3.84. The summed E-state index contributed by atoms with van der Waals surface area (Å²) < 4.78 is 0. The predicted molar refractivity (Wildman–Crippen MR) is 79.5 cm³/mol. The first kappa shape index (κ1) is 13.8. The van der Waals surface area contributed by atoms with Crippen molar-refractivity contribution in [1.29, 1.82) is 0 Å². The van der Waals surface area contributed by atoms with Gasteiger partial charge >= 0.3 is 0 Å². The van der Waals surface area contributed by atoms with Gasteiger partial charge in [-0.25, -0.2) is 4.98 Å². The van der Waals surface area contributed by atoms with Crippen LogP contribution in [-0.2, 0) is 0 Å². The predicted octanol–water partition coefficient (Wildman–Crippen LogP) is 3.58. The summed E-state index contributed by atoms with van der Waals surface area (Å²) in [4.78, 5) is 7.33. The van der Waals surface area contributed by atoms with Crippen molar-refractivity contribution in [2.24, 2.45) is 0 Å². The summed E-state index contributed by atoms with van der Waals surface area (Å²) in [6.07, 6.45) is 5.44. The number of hydrogen-bond acceptors (Lipinski definition) is 4. The second-order valence-electron chi connectivity index (χ2n) is 5.06. The zero-order valence-electron chi connectivity index (χ0n) is 11.8. The van der Waals surface area contributed by atoms with E-state index in [0.29, 0.717) is 6.04 Å². The summed E-state index contributed by atoms with van der Waals surface area (Å²) in [6, 6.07) is 1.09. The highest BCUT2D eigenvalue weighted by molar-refractivity contribution is 7.13. The van der Waals surface area contributed by atoms with Gasteiger partial charge in [0.05, 0.1) is 5.69 Å². The quantitative estimate of drug-likeness (QED) is 0.854. The number of anilines is 1. The summed E-state index contributed by atoms with van der Waals surface area (Å²) in [6.45, 7) is 8.64. The van der Waals surface area contributed by atoms with Gasteiger partial charge in [-0.15, -0.1) is 11.3 Å². The van der Waals surface area contributed by atoms with E-state index in [2.05, 4.69) is 36.4 Å². The molecule has 1 aromatic heterocycles. The van der Waals surface area contributed by atoms with Gasteiger partial charge in [-0.3, -0.25) is 0 Å². The topological polar surface area (TPSA) is 28.2 Å². The van der Waals surface area contributed by atoms with Gasteiger partial charge < -0.3 is 10.2 Å². The average molecular weight is 267 g/mol. The second kappa shape index (κ2) is 6.53. The zero-order valence-corrected chi connectivity index (χ0v) is 12.6. The van der Waals surface area contributed by atoms with Gasteiger partial charge in [0.2, 0.25) is 0 Å². The van der Waals surface area contributed by atoms with Crippen molar-refractivity contribution in [1.82, 2.24) is 10.3 Å². The average Bonchev–Trinajstić information content (AvgIpc) is 3.01. The van der Waals surface area contributed by atoms with Crippen molar-refractivity contribution in [2.75, 3.05) is 18.0 Å². The fourth-order valence-electron chi connectivity index (χ4n) is 2.78. The molecule has 2 rings (SSSR count). The maximum atomic E-state index is 4.83. The lowest BCUT2D eigenvalue weighted by Gasteiger charge is -2.27. The number of rotatable bonds is 6. The number of aromatic nitrogens is 1. The molecule has 1 heterocycles. The highest BCUT2D eigenvalue weighted by Gasteiger charge is 2.24. The Kier molecular flexibility index (Phi) is 5.01. The number of hydrogen-bond donors (Lipinski definition) is 1. The van der Waals surface area contributed by atoms with Crippen LogP contribution in [0.5, 0.6) is 0 Å². The molecule has 0 amide bonds. The van der Waals surface area contributed by atoms with Crippen molar-refractivity contribution in [3.8, 4) is 0 Å². The standard InChI is InChI=1S/C14H25N3S/c1-4-15-11(3)13-10-18-14(16-13)17(5-2)12-8-6-7-9-12/h10-12,15H,4-9H2,1-3H3. The highest BCUT2D eigenvalue weighted by atomic mass is 32.1. The Bertz CT molecular complexity index is 358. The molecule has 18 heavy (non-hydrogen) atoms. The molecule has 0 radical (unpaired) electrons. The lowest BCUT2D eigenvalue weighted by molar-refractivity contribution is 0.581. The van der Waals surface area contributed by atoms with Gasteiger partial charge in [-0.2, -0.15) is 0 Å². The van der Waals surface area contributed by atoms with Crippen LogP contribution in [0.3, 0.4) is 0 Å². The molecule has 0 aliphatic heterocycles. The molecule has 1 aliphatic carbocycles. The molecular weight excluding hydrogens is 242 g/mol. The molecule has 0 aromatic carbocycles. The van der Waals surface area contributed by atoms with Crippen molar-refractivity contribution in [3.05, 3.63) is 11.1 Å². The van der Waals surface area contributed by atoms with Gasteiger partial charge in [0.1, 0.15) is 0 Å². The lowest BCUT2D eigenvalue weighted by atomic mass is 10.2. The van der Waals surface area contributed by atoms with Gasteiger partial charge in [0.15, 0.2) is 5.13 Å². The third kappa shape index (κ3) is 3.04. The smallest absolute Gasteiger partial charge is 0.185 e.